The number of methoxy groups -OCH3 is 1. The summed E-state index contributed by atoms with van der Waals surface area (Å²) in [5.41, 5.74) is 1.31. The zero-order valence-corrected chi connectivity index (χ0v) is 22.7. The second-order valence-electron chi connectivity index (χ2n) is 9.03. The molecule has 0 aliphatic heterocycles. The van der Waals surface area contributed by atoms with Crippen LogP contribution >= 0.6 is 23.2 Å². The van der Waals surface area contributed by atoms with Crippen LogP contribution in [0.15, 0.2) is 78.1 Å². The van der Waals surface area contributed by atoms with E-state index in [1.807, 2.05) is 43.3 Å². The SMILES string of the molecule is COC(=O)C=C1C=C(OCCCN(Cc2cccc(C(F)(F)F)c2Cl)CC(C)c2ccccc2Cl)C=CC1. The number of halogens is 5. The Bertz CT molecular complexity index is 1210. The minimum atomic E-state index is -4.53. The van der Waals surface area contributed by atoms with Gasteiger partial charge in [0.1, 0.15) is 5.76 Å². The summed E-state index contributed by atoms with van der Waals surface area (Å²) in [6.07, 6.45) is 3.64. The molecule has 1 aliphatic rings. The molecule has 0 bridgehead atoms. The van der Waals surface area contributed by atoms with Crippen molar-refractivity contribution in [1.29, 1.82) is 0 Å². The Kier molecular flexibility index (Phi) is 10.9. The molecular weight excluding hydrogens is 538 g/mol. The van der Waals surface area contributed by atoms with Crippen molar-refractivity contribution in [1.82, 2.24) is 4.90 Å². The summed E-state index contributed by atoms with van der Waals surface area (Å²) < 4.78 is 50.8. The standard InChI is InChI=1S/C29H30Cl2F3NO3/c1-20(24-11-3-4-13-26(24)30)18-35(19-22-9-6-12-25(28(22)31)29(32,33)34)14-7-15-38-23-10-5-8-21(16-23)17-27(36)37-2/h3-6,9-13,16-17,20H,7-8,14-15,18-19H2,1-2H3. The third kappa shape index (κ3) is 8.65. The van der Waals surface area contributed by atoms with Gasteiger partial charge in [0.05, 0.1) is 24.3 Å². The molecule has 204 valence electrons. The molecule has 1 atom stereocenters. The van der Waals surface area contributed by atoms with Crippen molar-refractivity contribution < 1.29 is 27.4 Å². The molecule has 0 spiro atoms. The number of hydrogen-bond donors (Lipinski definition) is 0. The van der Waals surface area contributed by atoms with Gasteiger partial charge in [-0.25, -0.2) is 4.79 Å². The number of esters is 1. The van der Waals surface area contributed by atoms with Crippen molar-refractivity contribution in [2.24, 2.45) is 0 Å². The first kappa shape index (κ1) is 29.8. The number of benzene rings is 2. The summed E-state index contributed by atoms with van der Waals surface area (Å²) in [4.78, 5) is 13.6. The van der Waals surface area contributed by atoms with Gasteiger partial charge in [0, 0.05) is 30.7 Å². The van der Waals surface area contributed by atoms with Crippen LogP contribution in [0, 0.1) is 0 Å². The van der Waals surface area contributed by atoms with Crippen LogP contribution in [0.5, 0.6) is 0 Å². The Morgan fingerprint density at radius 3 is 2.63 bits per heavy atom. The highest BCUT2D eigenvalue weighted by Crippen LogP contribution is 2.37. The number of ether oxygens (including phenoxy) is 2. The molecule has 0 heterocycles. The highest BCUT2D eigenvalue weighted by atomic mass is 35.5. The van der Waals surface area contributed by atoms with E-state index in [0.717, 1.165) is 17.2 Å². The number of carbonyl (C=O) groups excluding carboxylic acids is 1. The fourth-order valence-corrected chi connectivity index (χ4v) is 4.85. The monoisotopic (exact) mass is 567 g/mol. The van der Waals surface area contributed by atoms with Gasteiger partial charge in [-0.05, 0) is 59.7 Å². The lowest BCUT2D eigenvalue weighted by molar-refractivity contribution is -0.137. The molecule has 1 aliphatic carbocycles. The molecule has 0 aromatic heterocycles. The molecular formula is C29H30Cl2F3NO3. The predicted molar refractivity (Wildman–Crippen MR) is 144 cm³/mol. The van der Waals surface area contributed by atoms with Crippen LogP contribution in [0.1, 0.15) is 42.4 Å². The van der Waals surface area contributed by atoms with Gasteiger partial charge in [0.15, 0.2) is 0 Å². The average Bonchev–Trinajstić information content (AvgIpc) is 2.87. The van der Waals surface area contributed by atoms with Crippen molar-refractivity contribution in [3.63, 3.8) is 0 Å². The Morgan fingerprint density at radius 1 is 1.16 bits per heavy atom. The van der Waals surface area contributed by atoms with E-state index in [-0.39, 0.29) is 17.5 Å². The van der Waals surface area contributed by atoms with Gasteiger partial charge in [-0.2, -0.15) is 13.2 Å². The van der Waals surface area contributed by atoms with Crippen molar-refractivity contribution in [2.45, 2.75) is 38.4 Å². The van der Waals surface area contributed by atoms with Gasteiger partial charge >= 0.3 is 12.1 Å². The summed E-state index contributed by atoms with van der Waals surface area (Å²) in [5, 5.41) is 0.362. The summed E-state index contributed by atoms with van der Waals surface area (Å²) >= 11 is 12.6. The quantitative estimate of drug-likeness (QED) is 0.157. The van der Waals surface area contributed by atoms with Crippen LogP contribution in [0.4, 0.5) is 13.2 Å². The molecule has 0 radical (unpaired) electrons. The highest BCUT2D eigenvalue weighted by Gasteiger charge is 2.34. The smallest absolute Gasteiger partial charge is 0.417 e. The van der Waals surface area contributed by atoms with E-state index in [1.165, 1.54) is 19.3 Å². The average molecular weight is 568 g/mol. The topological polar surface area (TPSA) is 38.8 Å². The number of hydrogen-bond acceptors (Lipinski definition) is 4. The number of carbonyl (C=O) groups is 1. The van der Waals surface area contributed by atoms with Crippen molar-refractivity contribution in [3.05, 3.63) is 105 Å². The van der Waals surface area contributed by atoms with Crippen LogP contribution in [0.3, 0.4) is 0 Å². The minimum Gasteiger partial charge on any atom is -0.494 e. The van der Waals surface area contributed by atoms with E-state index in [1.54, 1.807) is 12.1 Å². The second-order valence-corrected chi connectivity index (χ2v) is 9.82. The molecule has 38 heavy (non-hydrogen) atoms. The van der Waals surface area contributed by atoms with E-state index in [0.29, 0.717) is 48.9 Å². The molecule has 2 aromatic carbocycles. The van der Waals surface area contributed by atoms with Crippen LogP contribution in [0.2, 0.25) is 10.0 Å². The summed E-state index contributed by atoms with van der Waals surface area (Å²) in [5.74, 6) is 0.231. The Balaban J connectivity index is 1.70. The first-order valence-corrected chi connectivity index (χ1v) is 12.9. The first-order valence-electron chi connectivity index (χ1n) is 12.2. The third-order valence-electron chi connectivity index (χ3n) is 6.10. The van der Waals surface area contributed by atoms with Crippen LogP contribution in [-0.4, -0.2) is 37.7 Å². The molecule has 0 amide bonds. The van der Waals surface area contributed by atoms with Gasteiger partial charge in [0.2, 0.25) is 0 Å². The predicted octanol–water partition coefficient (Wildman–Crippen LogP) is 7.97. The van der Waals surface area contributed by atoms with E-state index in [9.17, 15) is 18.0 Å². The minimum absolute atomic E-state index is 0.0317. The van der Waals surface area contributed by atoms with Gasteiger partial charge in [-0.3, -0.25) is 4.90 Å². The molecule has 9 heteroatoms. The van der Waals surface area contributed by atoms with Crippen LogP contribution in [0.25, 0.3) is 0 Å². The maximum Gasteiger partial charge on any atom is 0.417 e. The third-order valence-corrected chi connectivity index (χ3v) is 6.89. The largest absolute Gasteiger partial charge is 0.494 e. The first-order chi connectivity index (χ1) is 18.1. The zero-order chi connectivity index (χ0) is 27.7. The fourth-order valence-electron chi connectivity index (χ4n) is 4.24. The van der Waals surface area contributed by atoms with Gasteiger partial charge in [0.25, 0.3) is 0 Å². The van der Waals surface area contributed by atoms with E-state index < -0.39 is 17.7 Å². The molecule has 0 saturated carbocycles. The summed E-state index contributed by atoms with van der Waals surface area (Å²) in [6, 6.07) is 11.5. The maximum atomic E-state index is 13.4. The van der Waals surface area contributed by atoms with Gasteiger partial charge < -0.3 is 9.47 Å². The maximum absolute atomic E-state index is 13.4. The Labute approximate surface area is 231 Å². The van der Waals surface area contributed by atoms with Crippen molar-refractivity contribution in [2.75, 3.05) is 26.8 Å². The Morgan fingerprint density at radius 2 is 1.92 bits per heavy atom. The number of alkyl halides is 3. The Hall–Kier alpha value is -2.74. The van der Waals surface area contributed by atoms with Gasteiger partial charge in [-0.1, -0.05) is 66.5 Å². The summed E-state index contributed by atoms with van der Waals surface area (Å²) in [6.45, 7) is 3.78. The number of nitrogens with zero attached hydrogens (tertiary/aromatic N) is 1. The van der Waals surface area contributed by atoms with Crippen LogP contribution in [-0.2, 0) is 27.0 Å². The lowest BCUT2D eigenvalue weighted by Crippen LogP contribution is -2.29. The number of allylic oxidation sites excluding steroid dienone is 4. The molecule has 1 unspecified atom stereocenters. The fraction of sp³-hybridized carbons (Fsp3) is 0.345. The molecule has 4 nitrogen and oxygen atoms in total. The molecule has 2 aromatic rings. The second kappa shape index (κ2) is 13.9. The highest BCUT2D eigenvalue weighted by molar-refractivity contribution is 6.32. The lowest BCUT2D eigenvalue weighted by atomic mass is 10.00. The van der Waals surface area contributed by atoms with E-state index in [4.69, 9.17) is 27.9 Å². The summed E-state index contributed by atoms with van der Waals surface area (Å²) in [7, 11) is 1.32. The molecule has 3 rings (SSSR count). The molecule has 0 fully saturated rings. The van der Waals surface area contributed by atoms with E-state index >= 15 is 0 Å². The van der Waals surface area contributed by atoms with Crippen molar-refractivity contribution >= 4 is 29.2 Å². The van der Waals surface area contributed by atoms with Crippen LogP contribution < -0.4 is 0 Å². The number of rotatable bonds is 11. The van der Waals surface area contributed by atoms with E-state index in [2.05, 4.69) is 9.64 Å². The van der Waals surface area contributed by atoms with Crippen molar-refractivity contribution in [3.8, 4) is 0 Å². The lowest BCUT2D eigenvalue weighted by Gasteiger charge is -2.27. The normalized spacial score (nSPS) is 15.5. The zero-order valence-electron chi connectivity index (χ0n) is 21.2. The van der Waals surface area contributed by atoms with Gasteiger partial charge in [-0.15, -0.1) is 0 Å². The molecule has 0 saturated heterocycles. The molecule has 0 N–H and O–H groups in total.